The van der Waals surface area contributed by atoms with E-state index in [9.17, 15) is 39.6 Å². The standard InChI is InChI=1S/C33H28O14S2.2CH4.2CH3/c1-15-23-25(43-4-3-42-23)27(48-15)28-26-24(16(2)49-28)46-13-33(14-47-26,11-44-21-7-17(29(34)35)5-18(8-21)30(36)37)12-45-22-9-19(31(38)39)6-20(10-22)32(40)41;;;;/h5-10H,3-4,11-14H2,1-2H3,(H,34,35)(H,36,37)(H,38,39)(H,40,41);2*1H4;2*1H3/q;;;2*+1. The van der Waals surface area contributed by atoms with Crippen molar-refractivity contribution >= 4 is 46.6 Å². The van der Waals surface area contributed by atoms with Gasteiger partial charge in [-0.05, 0) is 50.2 Å². The molecule has 53 heavy (non-hydrogen) atoms. The third kappa shape index (κ3) is 8.84. The van der Waals surface area contributed by atoms with Crippen LogP contribution >= 0.6 is 22.7 Å². The Morgan fingerprint density at radius 1 is 0.585 bits per heavy atom. The third-order valence-electron chi connectivity index (χ3n) is 7.69. The molecule has 0 radical (unpaired) electrons. The van der Waals surface area contributed by atoms with Crippen LogP contribution in [0.3, 0.4) is 0 Å². The van der Waals surface area contributed by atoms with E-state index in [1.54, 1.807) is 0 Å². The number of hydrogen-bond donors (Lipinski definition) is 4. The van der Waals surface area contributed by atoms with Gasteiger partial charge in [0.15, 0.2) is 23.0 Å². The average Bonchev–Trinajstić information content (AvgIpc) is 3.50. The van der Waals surface area contributed by atoms with Gasteiger partial charge in [-0.1, -0.05) is 14.9 Å². The van der Waals surface area contributed by atoms with E-state index in [1.807, 2.05) is 13.8 Å². The van der Waals surface area contributed by atoms with Crippen molar-refractivity contribution in [1.82, 2.24) is 0 Å². The molecular weight excluding hydrogens is 733 g/mol. The van der Waals surface area contributed by atoms with Crippen molar-refractivity contribution in [2.45, 2.75) is 28.7 Å². The quantitative estimate of drug-likeness (QED) is 0.108. The molecule has 0 fully saturated rings. The molecule has 2 aliphatic heterocycles. The summed E-state index contributed by atoms with van der Waals surface area (Å²) in [6.45, 7) is 3.96. The summed E-state index contributed by atoms with van der Waals surface area (Å²) in [5.41, 5.74) is -2.40. The first-order valence-corrected chi connectivity index (χ1v) is 16.2. The highest BCUT2D eigenvalue weighted by atomic mass is 32.1. The fourth-order valence-corrected chi connectivity index (χ4v) is 7.44. The minimum Gasteiger partial charge on any atom is -0.493 e. The average molecular weight is 775 g/mol. The Bertz CT molecular complexity index is 1850. The molecule has 2 aliphatic rings. The van der Waals surface area contributed by atoms with Gasteiger partial charge in [0.05, 0.1) is 32.0 Å². The van der Waals surface area contributed by atoms with Gasteiger partial charge >= 0.3 is 23.9 Å². The fourth-order valence-electron chi connectivity index (χ4n) is 5.23. The van der Waals surface area contributed by atoms with Gasteiger partial charge in [-0.3, -0.25) is 0 Å². The molecule has 2 aromatic heterocycles. The lowest BCUT2D eigenvalue weighted by Gasteiger charge is -2.31. The lowest BCUT2D eigenvalue weighted by atomic mass is 9.92. The van der Waals surface area contributed by atoms with Crippen LogP contribution in [0.25, 0.3) is 9.75 Å². The number of thiophene rings is 2. The smallest absolute Gasteiger partial charge is 0.335 e. The number of benzene rings is 2. The van der Waals surface area contributed by atoms with Crippen molar-refractivity contribution in [3.63, 3.8) is 0 Å². The van der Waals surface area contributed by atoms with Gasteiger partial charge in [0.1, 0.15) is 56.6 Å². The first kappa shape index (κ1) is 43.4. The Morgan fingerprint density at radius 2 is 0.906 bits per heavy atom. The molecule has 0 bridgehead atoms. The van der Waals surface area contributed by atoms with Crippen LogP contribution in [0.5, 0.6) is 34.5 Å². The number of fused-ring (bicyclic) bond motifs is 2. The summed E-state index contributed by atoms with van der Waals surface area (Å²) >= 11 is 2.95. The molecule has 0 spiro atoms. The van der Waals surface area contributed by atoms with Crippen molar-refractivity contribution in [3.8, 4) is 44.3 Å². The predicted octanol–water partition coefficient (Wildman–Crippen LogP) is 7.75. The molecule has 0 amide bonds. The second-order valence-corrected chi connectivity index (χ2v) is 13.8. The van der Waals surface area contributed by atoms with Crippen LogP contribution in [0.4, 0.5) is 0 Å². The first-order valence-electron chi connectivity index (χ1n) is 14.6. The SMILES string of the molecule is C.C.Cc1sc(-c2sc(C)c3c2OCC(COc2cc(C(=O)O)cc(C(=O)O)c2)(COc2cc(C(=O)O)cc(C(=O)O)c2)CO3)c2c1OCCO2.[CH3+].[CH3+]. The number of aromatic carboxylic acids is 4. The Hall–Kier alpha value is -5.74. The molecule has 0 atom stereocenters. The zero-order valence-corrected chi connectivity index (χ0v) is 29.5. The van der Waals surface area contributed by atoms with Gasteiger partial charge in [0, 0.05) is 24.6 Å². The predicted molar refractivity (Wildman–Crippen MR) is 200 cm³/mol. The number of aryl methyl sites for hydroxylation is 2. The van der Waals surface area contributed by atoms with E-state index < -0.39 is 29.3 Å². The number of ether oxygens (including phenoxy) is 6. The van der Waals surface area contributed by atoms with Gasteiger partial charge in [-0.25, -0.2) is 19.2 Å². The zero-order valence-electron chi connectivity index (χ0n) is 27.9. The fraction of sp³-hybridized carbons (Fsp3) is 0.297. The van der Waals surface area contributed by atoms with E-state index in [-0.39, 0.29) is 89.9 Å². The van der Waals surface area contributed by atoms with Gasteiger partial charge < -0.3 is 48.8 Å². The Balaban J connectivity index is 0.00000243. The number of carbonyl (C=O) groups is 4. The van der Waals surface area contributed by atoms with Gasteiger partial charge in [0.25, 0.3) is 0 Å². The maximum absolute atomic E-state index is 11.7. The van der Waals surface area contributed by atoms with Crippen molar-refractivity contribution in [3.05, 3.63) is 83.3 Å². The molecule has 2 aromatic carbocycles. The topological polar surface area (TPSA) is 205 Å². The second kappa shape index (κ2) is 17.2. The number of carboxylic acid groups (broad SMARTS) is 4. The van der Waals surface area contributed by atoms with Gasteiger partial charge in [-0.2, -0.15) is 0 Å². The first-order chi connectivity index (χ1) is 23.3. The van der Waals surface area contributed by atoms with Gasteiger partial charge in [-0.15, -0.1) is 22.7 Å². The van der Waals surface area contributed by atoms with Gasteiger partial charge in [0.2, 0.25) is 0 Å². The van der Waals surface area contributed by atoms with E-state index in [0.29, 0.717) is 36.2 Å². The van der Waals surface area contributed by atoms with Crippen molar-refractivity contribution in [2.75, 3.05) is 39.6 Å². The molecule has 0 saturated carbocycles. The lowest BCUT2D eigenvalue weighted by Crippen LogP contribution is -2.44. The van der Waals surface area contributed by atoms with E-state index in [1.165, 1.54) is 46.9 Å². The van der Waals surface area contributed by atoms with Crippen molar-refractivity contribution in [1.29, 1.82) is 0 Å². The lowest BCUT2D eigenvalue weighted by molar-refractivity contribution is 0.00915. The summed E-state index contributed by atoms with van der Waals surface area (Å²) in [7, 11) is 0. The van der Waals surface area contributed by atoms with Crippen LogP contribution in [-0.2, 0) is 0 Å². The van der Waals surface area contributed by atoms with E-state index in [0.717, 1.165) is 31.6 Å². The Labute approximate surface area is 315 Å². The maximum atomic E-state index is 11.7. The Kier molecular flexibility index (Phi) is 14.1. The highest BCUT2D eigenvalue weighted by molar-refractivity contribution is 7.23. The number of carboxylic acids is 4. The summed E-state index contributed by atoms with van der Waals surface area (Å²) < 4.78 is 36.6. The summed E-state index contributed by atoms with van der Waals surface area (Å²) in [5.74, 6) is -3.31. The molecular formula is C37H42O14S2+2. The van der Waals surface area contributed by atoms with E-state index >= 15 is 0 Å². The molecule has 4 N–H and O–H groups in total. The molecule has 0 saturated heterocycles. The molecule has 0 unspecified atom stereocenters. The highest BCUT2D eigenvalue weighted by Gasteiger charge is 2.41. The number of rotatable bonds is 11. The van der Waals surface area contributed by atoms with Crippen LogP contribution in [0.2, 0.25) is 0 Å². The highest BCUT2D eigenvalue weighted by Crippen LogP contribution is 2.57. The maximum Gasteiger partial charge on any atom is 0.335 e. The number of hydrogen-bond acceptors (Lipinski definition) is 12. The minimum atomic E-state index is -1.35. The molecule has 4 aromatic rings. The molecule has 284 valence electrons. The van der Waals surface area contributed by atoms with E-state index in [4.69, 9.17) is 28.4 Å². The third-order valence-corrected chi connectivity index (χ3v) is 9.99. The van der Waals surface area contributed by atoms with Crippen LogP contribution < -0.4 is 28.4 Å². The molecule has 16 heteroatoms. The molecule has 6 rings (SSSR count). The zero-order chi connectivity index (χ0) is 35.0. The largest absolute Gasteiger partial charge is 0.493 e. The summed E-state index contributed by atoms with van der Waals surface area (Å²) in [5, 5.41) is 38.2. The molecule has 14 nitrogen and oxygen atoms in total. The minimum absolute atomic E-state index is 0. The van der Waals surface area contributed by atoms with Crippen LogP contribution in [0.1, 0.15) is 66.0 Å². The van der Waals surface area contributed by atoms with Crippen molar-refractivity contribution in [2.24, 2.45) is 5.41 Å². The summed E-state index contributed by atoms with van der Waals surface area (Å²) in [6.07, 6.45) is 0. The van der Waals surface area contributed by atoms with E-state index in [2.05, 4.69) is 0 Å². The normalized spacial score (nSPS) is 13.3. The monoisotopic (exact) mass is 774 g/mol. The van der Waals surface area contributed by atoms with Crippen LogP contribution in [0.15, 0.2) is 36.4 Å². The second-order valence-electron chi connectivity index (χ2n) is 11.4. The Morgan fingerprint density at radius 3 is 1.28 bits per heavy atom. The van der Waals surface area contributed by atoms with Crippen LogP contribution in [-0.4, -0.2) is 83.9 Å². The molecule has 4 heterocycles. The van der Waals surface area contributed by atoms with Crippen LogP contribution in [0, 0.1) is 34.1 Å². The summed E-state index contributed by atoms with van der Waals surface area (Å²) in [4.78, 5) is 50.2. The molecule has 0 aliphatic carbocycles. The van der Waals surface area contributed by atoms with Crippen molar-refractivity contribution < 1.29 is 68.0 Å². The summed E-state index contributed by atoms with van der Waals surface area (Å²) in [6, 6.07) is 6.73.